The van der Waals surface area contributed by atoms with Crippen molar-refractivity contribution >= 4 is 6.09 Å². The van der Waals surface area contributed by atoms with E-state index in [0.717, 1.165) is 18.2 Å². The third-order valence-corrected chi connectivity index (χ3v) is 1.48. The number of hydrogen-bond donors (Lipinski definition) is 1. The van der Waals surface area contributed by atoms with E-state index in [2.05, 4.69) is 4.74 Å². The van der Waals surface area contributed by atoms with Gasteiger partial charge in [-0.15, -0.1) is 0 Å². The van der Waals surface area contributed by atoms with Gasteiger partial charge in [-0.3, -0.25) is 0 Å². The van der Waals surface area contributed by atoms with E-state index in [1.54, 1.807) is 0 Å². The summed E-state index contributed by atoms with van der Waals surface area (Å²) in [6, 6.07) is 3.13. The van der Waals surface area contributed by atoms with Gasteiger partial charge in [-0.25, -0.2) is 9.18 Å². The molecule has 1 aromatic rings. The van der Waals surface area contributed by atoms with Crippen LogP contribution >= 0.6 is 0 Å². The minimum absolute atomic E-state index is 0.191. The molecule has 0 unspecified atom stereocenters. The van der Waals surface area contributed by atoms with Crippen molar-refractivity contribution < 1.29 is 19.0 Å². The molecule has 0 aliphatic heterocycles. The number of phenolic OH excluding ortho intramolecular Hbond substituents is 1. The number of rotatable bonds is 1. The third kappa shape index (κ3) is 2.35. The van der Waals surface area contributed by atoms with Gasteiger partial charge in [0, 0.05) is 20.2 Å². The van der Waals surface area contributed by atoms with Crippen LogP contribution in [0.4, 0.5) is 9.18 Å². The standard InChI is InChI=1S/C9H10FNO3/c1-11(2)9(13)14-8-5-6(10)3-4-7(8)12/h3-5,12H,1-2H3. The molecule has 1 N–H and O–H groups in total. The molecule has 0 bridgehead atoms. The summed E-state index contributed by atoms with van der Waals surface area (Å²) in [5, 5.41) is 9.20. The predicted molar refractivity (Wildman–Crippen MR) is 47.8 cm³/mol. The van der Waals surface area contributed by atoms with Crippen molar-refractivity contribution in [2.45, 2.75) is 0 Å². The molecule has 1 amide bonds. The highest BCUT2D eigenvalue weighted by molar-refractivity contribution is 5.70. The SMILES string of the molecule is CN(C)C(=O)Oc1cc(F)ccc1O. The lowest BCUT2D eigenvalue weighted by Gasteiger charge is -2.11. The number of benzene rings is 1. The van der Waals surface area contributed by atoms with Gasteiger partial charge in [0.05, 0.1) is 0 Å². The molecule has 0 aromatic heterocycles. The Morgan fingerprint density at radius 3 is 2.71 bits per heavy atom. The summed E-state index contributed by atoms with van der Waals surface area (Å²) in [5.41, 5.74) is 0. The summed E-state index contributed by atoms with van der Waals surface area (Å²) in [5.74, 6) is -1.05. The van der Waals surface area contributed by atoms with E-state index in [1.807, 2.05) is 0 Å². The Balaban J connectivity index is 2.86. The van der Waals surface area contributed by atoms with Gasteiger partial charge in [-0.2, -0.15) is 0 Å². The second kappa shape index (κ2) is 3.95. The summed E-state index contributed by atoms with van der Waals surface area (Å²) >= 11 is 0. The zero-order valence-corrected chi connectivity index (χ0v) is 7.82. The summed E-state index contributed by atoms with van der Waals surface area (Å²) in [4.78, 5) is 12.2. The zero-order chi connectivity index (χ0) is 10.7. The Kier molecular flexibility index (Phi) is 2.91. The molecular formula is C9H10FNO3. The van der Waals surface area contributed by atoms with E-state index >= 15 is 0 Å². The number of hydrogen-bond acceptors (Lipinski definition) is 3. The van der Waals surface area contributed by atoms with Crippen LogP contribution in [0.5, 0.6) is 11.5 Å². The minimum atomic E-state index is -0.675. The van der Waals surface area contributed by atoms with Crippen LogP contribution in [0.2, 0.25) is 0 Å². The van der Waals surface area contributed by atoms with Crippen LogP contribution in [0.1, 0.15) is 0 Å². The minimum Gasteiger partial charge on any atom is -0.504 e. The van der Waals surface area contributed by atoms with E-state index in [1.165, 1.54) is 19.0 Å². The maximum atomic E-state index is 12.7. The van der Waals surface area contributed by atoms with Crippen LogP contribution in [-0.2, 0) is 0 Å². The highest BCUT2D eigenvalue weighted by Crippen LogP contribution is 2.26. The summed E-state index contributed by atoms with van der Waals surface area (Å²) in [7, 11) is 2.97. The van der Waals surface area contributed by atoms with Gasteiger partial charge in [0.15, 0.2) is 11.5 Å². The lowest BCUT2D eigenvalue weighted by atomic mass is 10.3. The second-order valence-corrected chi connectivity index (χ2v) is 2.87. The fourth-order valence-corrected chi connectivity index (χ4v) is 0.755. The fraction of sp³-hybridized carbons (Fsp3) is 0.222. The first-order chi connectivity index (χ1) is 6.50. The number of ether oxygens (including phenoxy) is 1. The number of nitrogens with zero attached hydrogens (tertiary/aromatic N) is 1. The van der Waals surface area contributed by atoms with E-state index in [-0.39, 0.29) is 11.5 Å². The quantitative estimate of drug-likeness (QED) is 0.747. The average molecular weight is 199 g/mol. The summed E-state index contributed by atoms with van der Waals surface area (Å²) < 4.78 is 17.4. The van der Waals surface area contributed by atoms with E-state index < -0.39 is 11.9 Å². The normalized spacial score (nSPS) is 9.64. The highest BCUT2D eigenvalue weighted by Gasteiger charge is 2.10. The zero-order valence-electron chi connectivity index (χ0n) is 7.82. The van der Waals surface area contributed by atoms with Crippen molar-refractivity contribution in [1.29, 1.82) is 0 Å². The molecule has 4 nitrogen and oxygen atoms in total. The van der Waals surface area contributed by atoms with Gasteiger partial charge < -0.3 is 14.7 Å². The topological polar surface area (TPSA) is 49.8 Å². The molecule has 0 heterocycles. The second-order valence-electron chi connectivity index (χ2n) is 2.87. The molecule has 0 spiro atoms. The van der Waals surface area contributed by atoms with Crippen LogP contribution < -0.4 is 4.74 Å². The third-order valence-electron chi connectivity index (χ3n) is 1.48. The molecule has 0 aliphatic rings. The monoisotopic (exact) mass is 199 g/mol. The molecule has 76 valence electrons. The van der Waals surface area contributed by atoms with Crippen LogP contribution in [0.15, 0.2) is 18.2 Å². The highest BCUT2D eigenvalue weighted by atomic mass is 19.1. The van der Waals surface area contributed by atoms with Crippen molar-refractivity contribution in [2.24, 2.45) is 0 Å². The number of carbonyl (C=O) groups is 1. The number of amides is 1. The smallest absolute Gasteiger partial charge is 0.414 e. The molecule has 0 saturated carbocycles. The van der Waals surface area contributed by atoms with Crippen molar-refractivity contribution in [3.05, 3.63) is 24.0 Å². The van der Waals surface area contributed by atoms with Crippen LogP contribution in [0, 0.1) is 5.82 Å². The Bertz CT molecular complexity index is 352. The van der Waals surface area contributed by atoms with E-state index in [0.29, 0.717) is 0 Å². The average Bonchev–Trinajstić information content (AvgIpc) is 2.11. The fourth-order valence-electron chi connectivity index (χ4n) is 0.755. The van der Waals surface area contributed by atoms with Crippen molar-refractivity contribution in [3.63, 3.8) is 0 Å². The number of halogens is 1. The first-order valence-corrected chi connectivity index (χ1v) is 3.88. The summed E-state index contributed by atoms with van der Waals surface area (Å²) in [6.07, 6.45) is -0.675. The summed E-state index contributed by atoms with van der Waals surface area (Å²) in [6.45, 7) is 0. The molecule has 0 radical (unpaired) electrons. The van der Waals surface area contributed by atoms with Gasteiger partial charge in [-0.05, 0) is 12.1 Å². The van der Waals surface area contributed by atoms with Gasteiger partial charge in [0.2, 0.25) is 0 Å². The van der Waals surface area contributed by atoms with Crippen LogP contribution in [0.25, 0.3) is 0 Å². The molecule has 14 heavy (non-hydrogen) atoms. The first-order valence-electron chi connectivity index (χ1n) is 3.88. The van der Waals surface area contributed by atoms with Gasteiger partial charge in [-0.1, -0.05) is 0 Å². The largest absolute Gasteiger partial charge is 0.504 e. The molecule has 5 heteroatoms. The molecule has 1 rings (SSSR count). The molecule has 0 fully saturated rings. The van der Waals surface area contributed by atoms with Crippen molar-refractivity contribution in [2.75, 3.05) is 14.1 Å². The predicted octanol–water partition coefficient (Wildman–Crippen LogP) is 1.59. The van der Waals surface area contributed by atoms with Gasteiger partial charge in [0.1, 0.15) is 5.82 Å². The van der Waals surface area contributed by atoms with Gasteiger partial charge >= 0.3 is 6.09 Å². The van der Waals surface area contributed by atoms with Crippen LogP contribution in [-0.4, -0.2) is 30.2 Å². The van der Waals surface area contributed by atoms with Gasteiger partial charge in [0.25, 0.3) is 0 Å². The Labute approximate surface area is 80.5 Å². The first kappa shape index (κ1) is 10.3. The number of phenols is 1. The van der Waals surface area contributed by atoms with E-state index in [4.69, 9.17) is 0 Å². The van der Waals surface area contributed by atoms with Crippen molar-refractivity contribution in [1.82, 2.24) is 4.90 Å². The lowest BCUT2D eigenvalue weighted by molar-refractivity contribution is 0.170. The number of aromatic hydroxyl groups is 1. The molecule has 1 aromatic carbocycles. The van der Waals surface area contributed by atoms with Crippen LogP contribution in [0.3, 0.4) is 0 Å². The number of carbonyl (C=O) groups excluding carboxylic acids is 1. The molecule has 0 atom stereocenters. The maximum Gasteiger partial charge on any atom is 0.414 e. The Hall–Kier alpha value is -1.78. The molecule has 0 saturated heterocycles. The molecule has 0 aliphatic carbocycles. The lowest BCUT2D eigenvalue weighted by Crippen LogP contribution is -2.25. The Morgan fingerprint density at radius 2 is 2.14 bits per heavy atom. The Morgan fingerprint density at radius 1 is 1.50 bits per heavy atom. The van der Waals surface area contributed by atoms with E-state index in [9.17, 15) is 14.3 Å². The maximum absolute atomic E-state index is 12.7. The van der Waals surface area contributed by atoms with Crippen molar-refractivity contribution in [3.8, 4) is 11.5 Å². The molecular weight excluding hydrogens is 189 g/mol.